The van der Waals surface area contributed by atoms with E-state index in [-0.39, 0.29) is 43.8 Å². The summed E-state index contributed by atoms with van der Waals surface area (Å²) in [5, 5.41) is 22.8. The molecule has 2 aromatic rings. The number of guanidine groups is 1. The predicted molar refractivity (Wildman–Crippen MR) is 186 cm³/mol. The Hall–Kier alpha value is -5.56. The SMILES string of the molecule is COC(=O)CCC(=O)NC(CO)C(=O)NC(CCCCN)C(=O)NCC(=O)NC(CCCN=C(N)N)C(=O)Nc1ccc2c(C)cc(=O)oc2c1. The number of aliphatic imine (C=N–C) groups is 1. The Morgan fingerprint density at radius 1 is 0.882 bits per heavy atom. The topological polar surface area (TPSA) is 313 Å². The van der Waals surface area contributed by atoms with E-state index in [4.69, 9.17) is 21.6 Å². The highest BCUT2D eigenvalue weighted by Gasteiger charge is 2.27. The number of benzene rings is 1. The number of nitrogens with two attached hydrogens (primary N) is 3. The van der Waals surface area contributed by atoms with E-state index >= 15 is 0 Å². The molecule has 0 aliphatic heterocycles. The van der Waals surface area contributed by atoms with Crippen LogP contribution in [0.1, 0.15) is 50.5 Å². The van der Waals surface area contributed by atoms with Crippen molar-refractivity contribution in [3.63, 3.8) is 0 Å². The lowest BCUT2D eigenvalue weighted by Gasteiger charge is -2.23. The van der Waals surface area contributed by atoms with E-state index in [1.165, 1.54) is 12.1 Å². The molecule has 0 saturated heterocycles. The van der Waals surface area contributed by atoms with Gasteiger partial charge in [-0.15, -0.1) is 0 Å². The van der Waals surface area contributed by atoms with Crippen molar-refractivity contribution in [2.24, 2.45) is 22.2 Å². The molecule has 51 heavy (non-hydrogen) atoms. The standard InChI is InChI=1S/C32H47N9O10/c1-18-14-28(46)51-24-15-19(8-9-20(18)24)38-30(48)22(7-5-13-36-32(34)35)39-26(44)16-37-29(47)21(6-3-4-12-33)41-31(49)23(17-42)40-25(43)10-11-27(45)50-2/h8-9,14-15,21-23,42H,3-7,10-13,16-17,33H2,1-2H3,(H,37,47)(H,38,48)(H,39,44)(H,40,43)(H,41,49)(H4,34,35,36). The highest BCUT2D eigenvalue weighted by Crippen LogP contribution is 2.21. The van der Waals surface area contributed by atoms with Gasteiger partial charge in [0.05, 0.1) is 26.7 Å². The van der Waals surface area contributed by atoms with Crippen molar-refractivity contribution in [2.75, 3.05) is 38.7 Å². The van der Waals surface area contributed by atoms with Crippen LogP contribution in [0.3, 0.4) is 0 Å². The van der Waals surface area contributed by atoms with Gasteiger partial charge >= 0.3 is 11.6 Å². The van der Waals surface area contributed by atoms with Crippen LogP contribution in [-0.4, -0.2) is 98.0 Å². The molecule has 1 heterocycles. The van der Waals surface area contributed by atoms with Gasteiger partial charge in [-0.1, -0.05) is 0 Å². The van der Waals surface area contributed by atoms with Gasteiger partial charge in [-0.05, 0) is 63.3 Å². The number of unbranched alkanes of at least 4 members (excludes halogenated alkanes) is 1. The minimum Gasteiger partial charge on any atom is -0.469 e. The highest BCUT2D eigenvalue weighted by atomic mass is 16.5. The van der Waals surface area contributed by atoms with Crippen molar-refractivity contribution < 1.29 is 43.0 Å². The van der Waals surface area contributed by atoms with Gasteiger partial charge in [-0.2, -0.15) is 0 Å². The second-order valence-corrected chi connectivity index (χ2v) is 11.5. The van der Waals surface area contributed by atoms with Crippen molar-refractivity contribution in [2.45, 2.75) is 70.0 Å². The van der Waals surface area contributed by atoms with Crippen LogP contribution in [0, 0.1) is 6.92 Å². The van der Waals surface area contributed by atoms with E-state index in [0.29, 0.717) is 42.4 Å². The zero-order valence-electron chi connectivity index (χ0n) is 28.6. The molecule has 1 aromatic heterocycles. The molecule has 2 rings (SSSR count). The van der Waals surface area contributed by atoms with Crippen LogP contribution in [-0.2, 0) is 33.5 Å². The summed E-state index contributed by atoms with van der Waals surface area (Å²) in [7, 11) is 1.16. The van der Waals surface area contributed by atoms with Gasteiger partial charge in [0, 0.05) is 36.2 Å². The maximum Gasteiger partial charge on any atom is 0.336 e. The largest absolute Gasteiger partial charge is 0.469 e. The van der Waals surface area contributed by atoms with E-state index in [1.807, 2.05) is 0 Å². The number of fused-ring (bicyclic) bond motifs is 1. The van der Waals surface area contributed by atoms with Crippen molar-refractivity contribution in [3.8, 4) is 0 Å². The van der Waals surface area contributed by atoms with Crippen LogP contribution in [0.4, 0.5) is 5.69 Å². The fourth-order valence-corrected chi connectivity index (χ4v) is 4.75. The van der Waals surface area contributed by atoms with Crippen molar-refractivity contribution >= 4 is 58.1 Å². The maximum absolute atomic E-state index is 13.3. The van der Waals surface area contributed by atoms with E-state index < -0.39 is 72.4 Å². The number of esters is 1. The average molecular weight is 718 g/mol. The summed E-state index contributed by atoms with van der Waals surface area (Å²) in [6, 6.07) is 2.42. The molecule has 0 aliphatic carbocycles. The third kappa shape index (κ3) is 14.8. The van der Waals surface area contributed by atoms with Crippen LogP contribution >= 0.6 is 0 Å². The molecule has 12 N–H and O–H groups in total. The number of nitrogens with one attached hydrogen (secondary N) is 5. The van der Waals surface area contributed by atoms with Crippen LogP contribution in [0.5, 0.6) is 0 Å². The molecule has 3 atom stereocenters. The van der Waals surface area contributed by atoms with Gasteiger partial charge in [0.2, 0.25) is 29.5 Å². The average Bonchev–Trinajstić information content (AvgIpc) is 3.08. The molecule has 0 saturated carbocycles. The summed E-state index contributed by atoms with van der Waals surface area (Å²) in [6.07, 6.45) is 0.936. The lowest BCUT2D eigenvalue weighted by atomic mass is 10.1. The predicted octanol–water partition coefficient (Wildman–Crippen LogP) is -2.26. The fourth-order valence-electron chi connectivity index (χ4n) is 4.75. The molecular formula is C32H47N9O10. The van der Waals surface area contributed by atoms with Gasteiger partial charge in [-0.25, -0.2) is 4.79 Å². The van der Waals surface area contributed by atoms with Crippen LogP contribution in [0.2, 0.25) is 0 Å². The second kappa shape index (κ2) is 21.5. The van der Waals surface area contributed by atoms with Gasteiger partial charge in [-0.3, -0.25) is 33.8 Å². The van der Waals surface area contributed by atoms with E-state index in [1.54, 1.807) is 19.1 Å². The molecule has 0 spiro atoms. The van der Waals surface area contributed by atoms with E-state index in [9.17, 15) is 38.7 Å². The molecule has 3 unspecified atom stereocenters. The summed E-state index contributed by atoms with van der Waals surface area (Å²) >= 11 is 0. The molecule has 5 amide bonds. The van der Waals surface area contributed by atoms with Crippen molar-refractivity contribution in [1.82, 2.24) is 21.3 Å². The first-order chi connectivity index (χ1) is 24.3. The fraction of sp³-hybridized carbons (Fsp3) is 0.500. The molecule has 1 aromatic carbocycles. The number of ether oxygens (including phenoxy) is 1. The van der Waals surface area contributed by atoms with Crippen LogP contribution in [0.25, 0.3) is 11.0 Å². The van der Waals surface area contributed by atoms with Crippen molar-refractivity contribution in [1.29, 1.82) is 0 Å². The number of methoxy groups -OCH3 is 1. The number of anilines is 1. The Bertz CT molecular complexity index is 1620. The molecule has 0 radical (unpaired) electrons. The number of hydrogen-bond donors (Lipinski definition) is 9. The first-order valence-corrected chi connectivity index (χ1v) is 16.2. The van der Waals surface area contributed by atoms with Gasteiger partial charge in [0.1, 0.15) is 23.7 Å². The number of carbonyl (C=O) groups is 6. The third-order valence-electron chi connectivity index (χ3n) is 7.44. The molecule has 19 heteroatoms. The number of rotatable bonds is 21. The monoisotopic (exact) mass is 717 g/mol. The van der Waals surface area contributed by atoms with Gasteiger partial charge in [0.15, 0.2) is 5.96 Å². The summed E-state index contributed by atoms with van der Waals surface area (Å²) in [5.74, 6) is -4.43. The van der Waals surface area contributed by atoms with Gasteiger partial charge in [0.25, 0.3) is 0 Å². The number of nitrogens with zero attached hydrogens (tertiary/aromatic N) is 1. The van der Waals surface area contributed by atoms with E-state index in [0.717, 1.165) is 7.11 Å². The lowest BCUT2D eigenvalue weighted by molar-refractivity contribution is -0.142. The Kier molecular flexibility index (Phi) is 17.5. The molecule has 0 fully saturated rings. The first-order valence-electron chi connectivity index (χ1n) is 16.2. The number of amides is 5. The quantitative estimate of drug-likeness (QED) is 0.0217. The maximum atomic E-state index is 13.3. The Balaban J connectivity index is 2.09. The Morgan fingerprint density at radius 2 is 1.57 bits per heavy atom. The van der Waals surface area contributed by atoms with Gasteiger partial charge < -0.3 is 58.0 Å². The molecule has 19 nitrogen and oxygen atoms in total. The summed E-state index contributed by atoms with van der Waals surface area (Å²) in [6.45, 7) is 0.866. The highest BCUT2D eigenvalue weighted by molar-refractivity contribution is 5.99. The molecule has 0 aliphatic rings. The van der Waals surface area contributed by atoms with Crippen LogP contribution < -0.4 is 49.4 Å². The number of aliphatic hydroxyl groups is 1. The summed E-state index contributed by atoms with van der Waals surface area (Å²) in [5.41, 5.74) is 17.0. The van der Waals surface area contributed by atoms with Crippen molar-refractivity contribution in [3.05, 3.63) is 40.2 Å². The lowest BCUT2D eigenvalue weighted by Crippen LogP contribution is -2.56. The minimum atomic E-state index is -1.43. The molecule has 280 valence electrons. The van der Waals surface area contributed by atoms with E-state index in [2.05, 4.69) is 36.3 Å². The Labute approximate surface area is 293 Å². The number of hydrogen-bond acceptors (Lipinski definition) is 12. The number of aryl methyl sites for hydroxylation is 1. The smallest absolute Gasteiger partial charge is 0.336 e. The second-order valence-electron chi connectivity index (χ2n) is 11.5. The normalized spacial score (nSPS) is 12.5. The zero-order valence-corrected chi connectivity index (χ0v) is 28.6. The number of aliphatic hydroxyl groups excluding tert-OH is 1. The summed E-state index contributed by atoms with van der Waals surface area (Å²) in [4.78, 5) is 91.5. The van der Waals surface area contributed by atoms with Crippen LogP contribution in [0.15, 0.2) is 38.5 Å². The summed E-state index contributed by atoms with van der Waals surface area (Å²) < 4.78 is 9.72. The third-order valence-corrected chi connectivity index (χ3v) is 7.44. The number of carbonyl (C=O) groups excluding carboxylic acids is 6. The molecular weight excluding hydrogens is 670 g/mol. The molecule has 0 bridgehead atoms. The zero-order chi connectivity index (χ0) is 37.9. The Morgan fingerprint density at radius 3 is 2.24 bits per heavy atom. The first kappa shape index (κ1) is 41.6. The minimum absolute atomic E-state index is 0.107.